The van der Waals surface area contributed by atoms with E-state index in [0.717, 1.165) is 25.3 Å². The Bertz CT molecular complexity index is 332. The van der Waals surface area contributed by atoms with Crippen LogP contribution in [-0.2, 0) is 0 Å². The standard InChI is InChI=1S/C13H23N3O/c1-3-13(2,16-8-4-5-9-16)12(15-14)11-7-6-10-17-11/h6-7,10,12,15H,3-5,8-9,14H2,1-2H3. The van der Waals surface area contributed by atoms with Crippen LogP contribution in [0.15, 0.2) is 22.8 Å². The summed E-state index contributed by atoms with van der Waals surface area (Å²) in [5, 5.41) is 0. The molecule has 0 saturated carbocycles. The molecule has 2 rings (SSSR count). The summed E-state index contributed by atoms with van der Waals surface area (Å²) in [6.45, 7) is 6.80. The Kier molecular flexibility index (Phi) is 3.86. The number of furan rings is 1. The molecule has 1 aliphatic heterocycles. The van der Waals surface area contributed by atoms with Crippen LogP contribution in [0.5, 0.6) is 0 Å². The summed E-state index contributed by atoms with van der Waals surface area (Å²) in [7, 11) is 0. The summed E-state index contributed by atoms with van der Waals surface area (Å²) < 4.78 is 5.52. The Hall–Kier alpha value is -0.840. The maximum atomic E-state index is 5.76. The highest BCUT2D eigenvalue weighted by atomic mass is 16.3. The molecule has 2 unspecified atom stereocenters. The number of nitrogens with one attached hydrogen (secondary N) is 1. The van der Waals surface area contributed by atoms with Crippen LogP contribution < -0.4 is 11.3 Å². The van der Waals surface area contributed by atoms with Crippen LogP contribution in [0.2, 0.25) is 0 Å². The van der Waals surface area contributed by atoms with Crippen LogP contribution in [0.25, 0.3) is 0 Å². The second-order valence-electron chi connectivity index (χ2n) is 5.02. The lowest BCUT2D eigenvalue weighted by Crippen LogP contribution is -2.54. The summed E-state index contributed by atoms with van der Waals surface area (Å²) in [5.41, 5.74) is 2.95. The summed E-state index contributed by atoms with van der Waals surface area (Å²) in [6.07, 6.45) is 5.32. The summed E-state index contributed by atoms with van der Waals surface area (Å²) >= 11 is 0. The van der Waals surface area contributed by atoms with Gasteiger partial charge in [-0.05, 0) is 51.4 Å². The van der Waals surface area contributed by atoms with Crippen LogP contribution in [0.3, 0.4) is 0 Å². The van der Waals surface area contributed by atoms with E-state index in [2.05, 4.69) is 24.2 Å². The van der Waals surface area contributed by atoms with Gasteiger partial charge in [0.1, 0.15) is 5.76 Å². The topological polar surface area (TPSA) is 54.4 Å². The molecule has 4 heteroatoms. The molecule has 0 aromatic carbocycles. The minimum Gasteiger partial charge on any atom is -0.468 e. The van der Waals surface area contributed by atoms with Crippen molar-refractivity contribution in [3.63, 3.8) is 0 Å². The molecule has 0 amide bonds. The van der Waals surface area contributed by atoms with E-state index in [-0.39, 0.29) is 11.6 Å². The van der Waals surface area contributed by atoms with Crippen molar-refractivity contribution >= 4 is 0 Å². The maximum absolute atomic E-state index is 5.76. The lowest BCUT2D eigenvalue weighted by Gasteiger charge is -2.43. The highest BCUT2D eigenvalue weighted by Gasteiger charge is 2.41. The molecule has 2 atom stereocenters. The summed E-state index contributed by atoms with van der Waals surface area (Å²) in [4.78, 5) is 2.53. The third-order valence-electron chi connectivity index (χ3n) is 4.16. The van der Waals surface area contributed by atoms with E-state index in [1.54, 1.807) is 6.26 Å². The van der Waals surface area contributed by atoms with Crippen molar-refractivity contribution in [2.75, 3.05) is 13.1 Å². The zero-order valence-corrected chi connectivity index (χ0v) is 10.8. The van der Waals surface area contributed by atoms with Crippen LogP contribution in [-0.4, -0.2) is 23.5 Å². The lowest BCUT2D eigenvalue weighted by atomic mass is 9.86. The molecule has 4 nitrogen and oxygen atoms in total. The van der Waals surface area contributed by atoms with Crippen molar-refractivity contribution in [2.24, 2.45) is 5.84 Å². The van der Waals surface area contributed by atoms with Crippen molar-refractivity contribution in [3.8, 4) is 0 Å². The van der Waals surface area contributed by atoms with Crippen molar-refractivity contribution in [1.82, 2.24) is 10.3 Å². The molecule has 0 aliphatic carbocycles. The average Bonchev–Trinajstić information content (AvgIpc) is 3.02. The number of rotatable bonds is 5. The Morgan fingerprint density at radius 2 is 2.24 bits per heavy atom. The van der Waals surface area contributed by atoms with Crippen molar-refractivity contribution in [1.29, 1.82) is 0 Å². The predicted molar refractivity (Wildman–Crippen MR) is 68.3 cm³/mol. The highest BCUT2D eigenvalue weighted by Crippen LogP contribution is 2.36. The summed E-state index contributed by atoms with van der Waals surface area (Å²) in [5.74, 6) is 6.68. The third-order valence-corrected chi connectivity index (χ3v) is 4.16. The average molecular weight is 237 g/mol. The van der Waals surface area contributed by atoms with E-state index in [1.165, 1.54) is 12.8 Å². The van der Waals surface area contributed by atoms with Crippen molar-refractivity contribution < 1.29 is 4.42 Å². The zero-order chi connectivity index (χ0) is 12.3. The van der Waals surface area contributed by atoms with Gasteiger partial charge in [-0.15, -0.1) is 0 Å². The van der Waals surface area contributed by atoms with Crippen molar-refractivity contribution in [2.45, 2.75) is 44.7 Å². The van der Waals surface area contributed by atoms with Gasteiger partial charge < -0.3 is 4.42 Å². The van der Waals surface area contributed by atoms with E-state index in [0.29, 0.717) is 0 Å². The first kappa shape index (κ1) is 12.6. The molecule has 1 aliphatic rings. The number of likely N-dealkylation sites (tertiary alicyclic amines) is 1. The van der Waals surface area contributed by atoms with Crippen LogP contribution >= 0.6 is 0 Å². The minimum atomic E-state index is 0.0170. The van der Waals surface area contributed by atoms with Gasteiger partial charge in [0.05, 0.1) is 12.3 Å². The molecule has 17 heavy (non-hydrogen) atoms. The fourth-order valence-electron chi connectivity index (χ4n) is 2.86. The second kappa shape index (κ2) is 5.21. The first-order valence-electron chi connectivity index (χ1n) is 6.47. The number of hydrazine groups is 1. The minimum absolute atomic E-state index is 0.0170. The molecule has 1 fully saturated rings. The first-order valence-corrected chi connectivity index (χ1v) is 6.47. The third kappa shape index (κ3) is 2.25. The number of nitrogens with zero attached hydrogens (tertiary/aromatic N) is 1. The van der Waals surface area contributed by atoms with E-state index >= 15 is 0 Å². The molecule has 1 aromatic rings. The normalized spacial score (nSPS) is 22.5. The zero-order valence-electron chi connectivity index (χ0n) is 10.8. The monoisotopic (exact) mass is 237 g/mol. The predicted octanol–water partition coefficient (Wildman–Crippen LogP) is 2.05. The molecule has 2 heterocycles. The van der Waals surface area contributed by atoms with Gasteiger partial charge in [-0.2, -0.15) is 0 Å². The molecule has 1 saturated heterocycles. The maximum Gasteiger partial charge on any atom is 0.123 e. The quantitative estimate of drug-likeness (QED) is 0.608. The number of hydrogen-bond acceptors (Lipinski definition) is 4. The molecule has 0 radical (unpaired) electrons. The Morgan fingerprint density at radius 3 is 2.71 bits per heavy atom. The Labute approximate surface area is 103 Å². The number of hydrogen-bond donors (Lipinski definition) is 2. The smallest absolute Gasteiger partial charge is 0.123 e. The molecular weight excluding hydrogens is 214 g/mol. The van der Waals surface area contributed by atoms with Gasteiger partial charge in [0.25, 0.3) is 0 Å². The van der Waals surface area contributed by atoms with Crippen molar-refractivity contribution in [3.05, 3.63) is 24.2 Å². The van der Waals surface area contributed by atoms with Gasteiger partial charge in [-0.3, -0.25) is 10.7 Å². The number of nitrogens with two attached hydrogens (primary N) is 1. The van der Waals surface area contributed by atoms with E-state index in [4.69, 9.17) is 10.3 Å². The molecule has 96 valence electrons. The highest BCUT2D eigenvalue weighted by molar-refractivity contribution is 5.12. The van der Waals surface area contributed by atoms with E-state index in [9.17, 15) is 0 Å². The van der Waals surface area contributed by atoms with Gasteiger partial charge in [0, 0.05) is 5.54 Å². The van der Waals surface area contributed by atoms with Crippen LogP contribution in [0.1, 0.15) is 44.9 Å². The van der Waals surface area contributed by atoms with Crippen LogP contribution in [0.4, 0.5) is 0 Å². The second-order valence-corrected chi connectivity index (χ2v) is 5.02. The van der Waals surface area contributed by atoms with Gasteiger partial charge >= 0.3 is 0 Å². The largest absolute Gasteiger partial charge is 0.468 e. The van der Waals surface area contributed by atoms with E-state index in [1.807, 2.05) is 12.1 Å². The molecule has 0 bridgehead atoms. The molecule has 3 N–H and O–H groups in total. The first-order chi connectivity index (χ1) is 8.22. The molecule has 0 spiro atoms. The SMILES string of the molecule is CCC(C)(C(NN)c1ccco1)N1CCCC1. The fourth-order valence-corrected chi connectivity index (χ4v) is 2.86. The fraction of sp³-hybridized carbons (Fsp3) is 0.692. The Morgan fingerprint density at radius 1 is 1.53 bits per heavy atom. The van der Waals surface area contributed by atoms with Gasteiger partial charge in [0.2, 0.25) is 0 Å². The molecular formula is C13H23N3O. The Balaban J connectivity index is 2.25. The van der Waals surface area contributed by atoms with E-state index < -0.39 is 0 Å². The molecule has 1 aromatic heterocycles. The van der Waals surface area contributed by atoms with Gasteiger partial charge in [0.15, 0.2) is 0 Å². The van der Waals surface area contributed by atoms with Gasteiger partial charge in [-0.25, -0.2) is 5.43 Å². The van der Waals surface area contributed by atoms with Crippen LogP contribution in [0, 0.1) is 0 Å². The van der Waals surface area contributed by atoms with Gasteiger partial charge in [-0.1, -0.05) is 6.92 Å². The lowest BCUT2D eigenvalue weighted by molar-refractivity contribution is 0.0745. The summed E-state index contributed by atoms with van der Waals surface area (Å²) in [6, 6.07) is 3.95.